The molecule has 1 aliphatic rings. The zero-order chi connectivity index (χ0) is 19.3. The predicted octanol–water partition coefficient (Wildman–Crippen LogP) is 5.97. The zero-order valence-corrected chi connectivity index (χ0v) is 16.8. The highest BCUT2D eigenvalue weighted by atomic mass is 15.1. The molecule has 3 rings (SSSR count). The van der Waals surface area contributed by atoms with E-state index in [2.05, 4.69) is 73.5 Å². The number of likely N-dealkylation sites (tertiary alicyclic amines) is 1. The van der Waals surface area contributed by atoms with E-state index in [4.69, 9.17) is 0 Å². The Kier molecular flexibility index (Phi) is 5.87. The summed E-state index contributed by atoms with van der Waals surface area (Å²) in [5, 5.41) is 12.8. The Balaban J connectivity index is 1.62. The molecule has 3 nitrogen and oxygen atoms in total. The van der Waals surface area contributed by atoms with Crippen LogP contribution in [0.3, 0.4) is 0 Å². The molecule has 1 saturated heterocycles. The number of rotatable bonds is 5. The second-order valence-electron chi connectivity index (χ2n) is 8.83. The molecule has 1 heterocycles. The number of hydrogen-bond donors (Lipinski definition) is 1. The molecule has 2 aromatic rings. The van der Waals surface area contributed by atoms with Gasteiger partial charge in [-0.2, -0.15) is 5.26 Å². The van der Waals surface area contributed by atoms with Crippen LogP contribution in [0.5, 0.6) is 0 Å². The number of piperidine rings is 1. The molecule has 1 fully saturated rings. The number of nitrogens with zero attached hydrogens (tertiary/aromatic N) is 2. The summed E-state index contributed by atoms with van der Waals surface area (Å²) in [6, 6.07) is 21.4. The number of para-hydroxylation sites is 1. The van der Waals surface area contributed by atoms with E-state index in [1.54, 1.807) is 0 Å². The second-order valence-corrected chi connectivity index (χ2v) is 8.83. The van der Waals surface area contributed by atoms with Gasteiger partial charge in [-0.25, -0.2) is 0 Å². The van der Waals surface area contributed by atoms with Gasteiger partial charge in [-0.05, 0) is 66.6 Å². The summed E-state index contributed by atoms with van der Waals surface area (Å²) in [7, 11) is 0. The summed E-state index contributed by atoms with van der Waals surface area (Å²) in [4.78, 5) is 2.53. The van der Waals surface area contributed by atoms with Gasteiger partial charge in [-0.15, -0.1) is 0 Å². The van der Waals surface area contributed by atoms with Crippen LogP contribution in [-0.4, -0.2) is 18.0 Å². The quantitative estimate of drug-likeness (QED) is 0.713. The summed E-state index contributed by atoms with van der Waals surface area (Å²) >= 11 is 0. The van der Waals surface area contributed by atoms with Crippen LogP contribution in [0, 0.1) is 22.2 Å². The van der Waals surface area contributed by atoms with E-state index in [9.17, 15) is 5.26 Å². The van der Waals surface area contributed by atoms with Gasteiger partial charge in [0, 0.05) is 24.3 Å². The van der Waals surface area contributed by atoms with Crippen molar-refractivity contribution >= 4 is 11.4 Å². The van der Waals surface area contributed by atoms with Gasteiger partial charge in [0.2, 0.25) is 0 Å². The van der Waals surface area contributed by atoms with E-state index < -0.39 is 0 Å². The molecule has 2 aromatic carbocycles. The fraction of sp³-hybridized carbons (Fsp3) is 0.458. The van der Waals surface area contributed by atoms with Gasteiger partial charge < -0.3 is 5.32 Å². The average Bonchev–Trinajstić information content (AvgIpc) is 2.64. The van der Waals surface area contributed by atoms with Gasteiger partial charge in [0.1, 0.15) is 0 Å². The van der Waals surface area contributed by atoms with Crippen molar-refractivity contribution in [1.82, 2.24) is 4.90 Å². The third kappa shape index (κ3) is 4.70. The standard InChI is InChI=1S/C24H31N3/c1-23(2,3)24(12-15-25)13-16-27(17-14-24)19-20-8-7-11-22(18-20)26-21-9-5-4-6-10-21/h4-11,18,26H,12-14,16-17,19H2,1-3H3. The molecule has 0 radical (unpaired) electrons. The van der Waals surface area contributed by atoms with Gasteiger partial charge in [-0.1, -0.05) is 51.1 Å². The molecular formula is C24H31N3. The van der Waals surface area contributed by atoms with Crippen LogP contribution in [-0.2, 0) is 6.54 Å². The van der Waals surface area contributed by atoms with Crippen molar-refractivity contribution in [3.05, 3.63) is 60.2 Å². The van der Waals surface area contributed by atoms with Crippen molar-refractivity contribution in [3.8, 4) is 6.07 Å². The first kappa shape index (κ1) is 19.5. The van der Waals surface area contributed by atoms with Crippen molar-refractivity contribution in [1.29, 1.82) is 5.26 Å². The smallest absolute Gasteiger partial charge is 0.0627 e. The summed E-state index contributed by atoms with van der Waals surface area (Å²) in [5.41, 5.74) is 3.89. The lowest BCUT2D eigenvalue weighted by Crippen LogP contribution is -2.46. The summed E-state index contributed by atoms with van der Waals surface area (Å²) in [6.45, 7) is 9.97. The van der Waals surface area contributed by atoms with E-state index >= 15 is 0 Å². The molecule has 0 aromatic heterocycles. The number of anilines is 2. The van der Waals surface area contributed by atoms with Crippen LogP contribution >= 0.6 is 0 Å². The lowest BCUT2D eigenvalue weighted by Gasteiger charge is -2.49. The Labute approximate surface area is 164 Å². The van der Waals surface area contributed by atoms with E-state index in [0.29, 0.717) is 6.42 Å². The van der Waals surface area contributed by atoms with Crippen LogP contribution in [0.15, 0.2) is 54.6 Å². The minimum Gasteiger partial charge on any atom is -0.356 e. The number of benzene rings is 2. The molecule has 142 valence electrons. The fourth-order valence-corrected chi connectivity index (χ4v) is 4.18. The Hall–Kier alpha value is -2.31. The zero-order valence-electron chi connectivity index (χ0n) is 16.8. The van der Waals surface area contributed by atoms with Crippen molar-refractivity contribution in [3.63, 3.8) is 0 Å². The molecule has 0 unspecified atom stereocenters. The number of hydrogen-bond acceptors (Lipinski definition) is 3. The second kappa shape index (κ2) is 8.15. The molecule has 0 saturated carbocycles. The first-order chi connectivity index (χ1) is 12.9. The van der Waals surface area contributed by atoms with Gasteiger partial charge in [0.05, 0.1) is 6.07 Å². The Morgan fingerprint density at radius 1 is 1.00 bits per heavy atom. The van der Waals surface area contributed by atoms with Crippen molar-refractivity contribution in [2.75, 3.05) is 18.4 Å². The maximum absolute atomic E-state index is 9.33. The maximum atomic E-state index is 9.33. The summed E-state index contributed by atoms with van der Waals surface area (Å²) in [6.07, 6.45) is 2.87. The molecule has 0 spiro atoms. The van der Waals surface area contributed by atoms with Gasteiger partial charge in [0.15, 0.2) is 0 Å². The average molecular weight is 362 g/mol. The van der Waals surface area contributed by atoms with Crippen LogP contribution in [0.25, 0.3) is 0 Å². The lowest BCUT2D eigenvalue weighted by atomic mass is 9.60. The van der Waals surface area contributed by atoms with Crippen LogP contribution in [0.4, 0.5) is 11.4 Å². The first-order valence-corrected chi connectivity index (χ1v) is 9.92. The Morgan fingerprint density at radius 3 is 2.30 bits per heavy atom. The Morgan fingerprint density at radius 2 is 1.67 bits per heavy atom. The van der Waals surface area contributed by atoms with E-state index in [0.717, 1.165) is 43.9 Å². The number of nitrogens with one attached hydrogen (secondary N) is 1. The molecule has 1 N–H and O–H groups in total. The highest BCUT2D eigenvalue weighted by Gasteiger charge is 2.43. The SMILES string of the molecule is CC(C)(C)C1(CC#N)CCN(Cc2cccc(Nc3ccccc3)c2)CC1. The molecule has 0 amide bonds. The maximum Gasteiger partial charge on any atom is 0.0627 e. The predicted molar refractivity (Wildman–Crippen MR) is 113 cm³/mol. The van der Waals surface area contributed by atoms with Crippen molar-refractivity contribution < 1.29 is 0 Å². The molecular weight excluding hydrogens is 330 g/mol. The topological polar surface area (TPSA) is 39.1 Å². The van der Waals surface area contributed by atoms with E-state index in [1.807, 2.05) is 18.2 Å². The van der Waals surface area contributed by atoms with Gasteiger partial charge in [-0.3, -0.25) is 4.90 Å². The largest absolute Gasteiger partial charge is 0.356 e. The molecule has 0 aliphatic carbocycles. The first-order valence-electron chi connectivity index (χ1n) is 9.92. The normalized spacial score (nSPS) is 17.3. The molecule has 0 atom stereocenters. The van der Waals surface area contributed by atoms with E-state index in [1.165, 1.54) is 5.56 Å². The van der Waals surface area contributed by atoms with Crippen LogP contribution < -0.4 is 5.32 Å². The van der Waals surface area contributed by atoms with Gasteiger partial charge in [0.25, 0.3) is 0 Å². The fourth-order valence-electron chi connectivity index (χ4n) is 4.18. The van der Waals surface area contributed by atoms with Crippen molar-refractivity contribution in [2.45, 2.75) is 46.6 Å². The highest BCUT2D eigenvalue weighted by molar-refractivity contribution is 5.59. The van der Waals surface area contributed by atoms with Crippen LogP contribution in [0.1, 0.15) is 45.6 Å². The molecule has 27 heavy (non-hydrogen) atoms. The minimum atomic E-state index is 0.148. The third-order valence-electron chi connectivity index (χ3n) is 6.22. The van der Waals surface area contributed by atoms with Crippen LogP contribution in [0.2, 0.25) is 0 Å². The lowest BCUT2D eigenvalue weighted by molar-refractivity contribution is 0.00711. The number of nitriles is 1. The summed E-state index contributed by atoms with van der Waals surface area (Å²) in [5.74, 6) is 0. The van der Waals surface area contributed by atoms with Gasteiger partial charge >= 0.3 is 0 Å². The highest BCUT2D eigenvalue weighted by Crippen LogP contribution is 2.49. The Bertz CT molecular complexity index is 775. The molecule has 3 heteroatoms. The van der Waals surface area contributed by atoms with E-state index in [-0.39, 0.29) is 10.8 Å². The van der Waals surface area contributed by atoms with Crippen molar-refractivity contribution in [2.24, 2.45) is 10.8 Å². The molecule has 1 aliphatic heterocycles. The monoisotopic (exact) mass is 361 g/mol. The third-order valence-corrected chi connectivity index (χ3v) is 6.22. The molecule has 0 bridgehead atoms. The minimum absolute atomic E-state index is 0.148. The summed E-state index contributed by atoms with van der Waals surface area (Å²) < 4.78 is 0.